The lowest BCUT2D eigenvalue weighted by Crippen LogP contribution is -2.34. The Morgan fingerprint density at radius 2 is 1.82 bits per heavy atom. The second-order valence-corrected chi connectivity index (χ2v) is 9.33. The van der Waals surface area contributed by atoms with E-state index < -0.39 is 0 Å². The number of amides is 1. The molecule has 172 valence electrons. The van der Waals surface area contributed by atoms with Gasteiger partial charge in [0, 0.05) is 38.4 Å². The van der Waals surface area contributed by atoms with Crippen LogP contribution in [0, 0.1) is 6.92 Å². The van der Waals surface area contributed by atoms with Crippen LogP contribution in [0.1, 0.15) is 61.4 Å². The van der Waals surface area contributed by atoms with Gasteiger partial charge in [0.25, 0.3) is 0 Å². The Bertz CT molecular complexity index is 1130. The highest BCUT2D eigenvalue weighted by molar-refractivity contribution is 5.84. The Morgan fingerprint density at radius 1 is 1.06 bits per heavy atom. The van der Waals surface area contributed by atoms with Crippen LogP contribution in [-0.2, 0) is 11.8 Å². The van der Waals surface area contributed by atoms with Gasteiger partial charge in [-0.3, -0.25) is 9.48 Å². The predicted molar refractivity (Wildman–Crippen MR) is 129 cm³/mol. The van der Waals surface area contributed by atoms with Gasteiger partial charge in [-0.15, -0.1) is 0 Å². The molecule has 2 aliphatic heterocycles. The summed E-state index contributed by atoms with van der Waals surface area (Å²) in [5.74, 6) is 0.782. The zero-order chi connectivity index (χ0) is 22.9. The number of carbonyl (C=O) groups excluding carboxylic acids is 1. The number of hydrogen-bond donors (Lipinski definition) is 0. The van der Waals surface area contributed by atoms with Gasteiger partial charge >= 0.3 is 0 Å². The van der Waals surface area contributed by atoms with Crippen molar-refractivity contribution in [2.75, 3.05) is 24.5 Å². The zero-order valence-corrected chi connectivity index (χ0v) is 19.7. The van der Waals surface area contributed by atoms with Gasteiger partial charge in [0.15, 0.2) is 0 Å². The molecule has 1 aromatic carbocycles. The number of aromatic nitrogens is 4. The molecule has 0 N–H and O–H groups in total. The van der Waals surface area contributed by atoms with Gasteiger partial charge in [-0.1, -0.05) is 29.8 Å². The van der Waals surface area contributed by atoms with E-state index in [0.717, 1.165) is 60.9 Å². The first-order valence-corrected chi connectivity index (χ1v) is 12.0. The summed E-state index contributed by atoms with van der Waals surface area (Å²) in [4.78, 5) is 27.3. The van der Waals surface area contributed by atoms with Gasteiger partial charge in [-0.05, 0) is 51.2 Å². The molecule has 33 heavy (non-hydrogen) atoms. The fraction of sp³-hybridized carbons (Fsp3) is 0.462. The number of hydrogen-bond acceptors (Lipinski definition) is 5. The monoisotopic (exact) mass is 444 g/mol. The van der Waals surface area contributed by atoms with E-state index in [-0.39, 0.29) is 17.9 Å². The van der Waals surface area contributed by atoms with Crippen molar-refractivity contribution in [1.29, 1.82) is 0 Å². The van der Waals surface area contributed by atoms with E-state index in [1.807, 2.05) is 42.0 Å². The fourth-order valence-electron chi connectivity index (χ4n) is 5.17. The lowest BCUT2D eigenvalue weighted by atomic mass is 9.97. The third kappa shape index (κ3) is 4.12. The number of rotatable bonds is 5. The van der Waals surface area contributed by atoms with Crippen molar-refractivity contribution in [3.05, 3.63) is 59.5 Å². The number of nitrogens with zero attached hydrogens (tertiary/aromatic N) is 6. The second kappa shape index (κ2) is 8.96. The topological polar surface area (TPSA) is 67.2 Å². The van der Waals surface area contributed by atoms with Gasteiger partial charge in [-0.25, -0.2) is 9.97 Å². The Balaban J connectivity index is 1.45. The maximum Gasteiger partial charge on any atom is 0.230 e. The third-order valence-corrected chi connectivity index (χ3v) is 7.09. The summed E-state index contributed by atoms with van der Waals surface area (Å²) in [5.41, 5.74) is 5.19. The van der Waals surface area contributed by atoms with Crippen molar-refractivity contribution in [2.24, 2.45) is 7.05 Å². The highest BCUT2D eigenvalue weighted by Crippen LogP contribution is 2.39. The molecule has 0 bridgehead atoms. The van der Waals surface area contributed by atoms with E-state index in [4.69, 9.17) is 4.98 Å². The van der Waals surface area contributed by atoms with Gasteiger partial charge in [0.05, 0.1) is 29.5 Å². The normalized spacial score (nSPS) is 19.3. The fourth-order valence-corrected chi connectivity index (χ4v) is 5.17. The first-order valence-electron chi connectivity index (χ1n) is 12.0. The van der Waals surface area contributed by atoms with Crippen molar-refractivity contribution in [1.82, 2.24) is 24.6 Å². The number of likely N-dealkylation sites (tertiary alicyclic amines) is 1. The highest BCUT2D eigenvalue weighted by Gasteiger charge is 2.36. The molecule has 0 saturated carbocycles. The van der Waals surface area contributed by atoms with Crippen LogP contribution in [0.4, 0.5) is 5.95 Å². The van der Waals surface area contributed by atoms with Gasteiger partial charge in [0.1, 0.15) is 0 Å². The van der Waals surface area contributed by atoms with E-state index in [9.17, 15) is 4.79 Å². The van der Waals surface area contributed by atoms with E-state index in [0.29, 0.717) is 0 Å². The van der Waals surface area contributed by atoms with Crippen LogP contribution in [0.25, 0.3) is 11.3 Å². The van der Waals surface area contributed by atoms with Crippen LogP contribution >= 0.6 is 0 Å². The van der Waals surface area contributed by atoms with E-state index in [1.165, 1.54) is 18.4 Å². The molecule has 2 aromatic heterocycles. The average Bonchev–Trinajstić information content (AvgIpc) is 3.59. The van der Waals surface area contributed by atoms with E-state index >= 15 is 0 Å². The molecule has 0 spiro atoms. The quantitative estimate of drug-likeness (QED) is 0.588. The predicted octanol–water partition coefficient (Wildman–Crippen LogP) is 4.25. The molecule has 5 rings (SSSR count). The van der Waals surface area contributed by atoms with Gasteiger partial charge in [-0.2, -0.15) is 5.10 Å². The van der Waals surface area contributed by atoms with Crippen LogP contribution in [0.2, 0.25) is 0 Å². The van der Waals surface area contributed by atoms with Gasteiger partial charge < -0.3 is 9.80 Å². The summed E-state index contributed by atoms with van der Waals surface area (Å²) in [6, 6.07) is 10.2. The molecule has 0 radical (unpaired) electrons. The summed E-state index contributed by atoms with van der Waals surface area (Å²) in [5, 5.41) is 4.58. The molecule has 2 fully saturated rings. The smallest absolute Gasteiger partial charge is 0.230 e. The van der Waals surface area contributed by atoms with Crippen LogP contribution in [0.5, 0.6) is 0 Å². The van der Waals surface area contributed by atoms with Crippen LogP contribution in [0.3, 0.4) is 0 Å². The summed E-state index contributed by atoms with van der Waals surface area (Å²) in [6.45, 7) is 6.86. The second-order valence-electron chi connectivity index (χ2n) is 9.33. The lowest BCUT2D eigenvalue weighted by molar-refractivity contribution is -0.133. The molecule has 2 saturated heterocycles. The number of aryl methyl sites for hydroxylation is 2. The first-order chi connectivity index (χ1) is 16.0. The summed E-state index contributed by atoms with van der Waals surface area (Å²) in [6.07, 6.45) is 8.01. The number of benzene rings is 1. The maximum absolute atomic E-state index is 13.6. The minimum absolute atomic E-state index is 0.00176. The molecular weight excluding hydrogens is 412 g/mol. The first kappa shape index (κ1) is 21.6. The minimum Gasteiger partial charge on any atom is -0.341 e. The largest absolute Gasteiger partial charge is 0.341 e. The molecule has 0 aliphatic carbocycles. The molecule has 3 aromatic rings. The number of carbonyl (C=O) groups is 1. The molecular formula is C26H32N6O. The molecule has 7 heteroatoms. The van der Waals surface area contributed by atoms with Crippen molar-refractivity contribution in [3.8, 4) is 11.3 Å². The SMILES string of the molecule is Cc1ccc(C(C)C(=O)N2CCCC2c2c(-c3ccnc(N4CCCC4)n3)cnn2C)cc1. The Morgan fingerprint density at radius 3 is 2.58 bits per heavy atom. The minimum atomic E-state index is -0.177. The van der Waals surface area contributed by atoms with Crippen molar-refractivity contribution in [3.63, 3.8) is 0 Å². The maximum atomic E-state index is 13.6. The Labute approximate surface area is 195 Å². The molecule has 2 unspecified atom stereocenters. The van der Waals surface area contributed by atoms with Crippen molar-refractivity contribution >= 4 is 11.9 Å². The van der Waals surface area contributed by atoms with Crippen LogP contribution in [-0.4, -0.2) is 50.2 Å². The van der Waals surface area contributed by atoms with Crippen LogP contribution < -0.4 is 4.90 Å². The summed E-state index contributed by atoms with van der Waals surface area (Å²) < 4.78 is 1.92. The highest BCUT2D eigenvalue weighted by atomic mass is 16.2. The third-order valence-electron chi connectivity index (χ3n) is 7.09. The standard InChI is InChI=1S/C26H32N6O/c1-18-8-10-20(11-9-18)19(2)25(33)32-16-6-7-23(32)24-21(17-28-30(24)3)22-12-13-27-26(29-22)31-14-4-5-15-31/h8-13,17,19,23H,4-7,14-16H2,1-3H3. The zero-order valence-electron chi connectivity index (χ0n) is 19.7. The van der Waals surface area contributed by atoms with E-state index in [1.54, 1.807) is 0 Å². The van der Waals surface area contributed by atoms with Gasteiger partial charge in [0.2, 0.25) is 11.9 Å². The molecule has 2 atom stereocenters. The van der Waals surface area contributed by atoms with Crippen molar-refractivity contribution in [2.45, 2.75) is 51.5 Å². The van der Waals surface area contributed by atoms with E-state index in [2.05, 4.69) is 46.2 Å². The number of anilines is 1. The summed E-state index contributed by atoms with van der Waals surface area (Å²) in [7, 11) is 1.96. The Kier molecular flexibility index (Phi) is 5.87. The molecule has 1 amide bonds. The molecule has 2 aliphatic rings. The lowest BCUT2D eigenvalue weighted by Gasteiger charge is -2.28. The van der Waals surface area contributed by atoms with Crippen molar-refractivity contribution < 1.29 is 4.79 Å². The van der Waals surface area contributed by atoms with Crippen LogP contribution in [0.15, 0.2) is 42.7 Å². The summed E-state index contributed by atoms with van der Waals surface area (Å²) >= 11 is 0. The molecule has 7 nitrogen and oxygen atoms in total. The molecule has 4 heterocycles. The average molecular weight is 445 g/mol. The Hall–Kier alpha value is -3.22.